The van der Waals surface area contributed by atoms with Crippen molar-refractivity contribution < 1.29 is 9.84 Å². The first-order chi connectivity index (χ1) is 9.31. The van der Waals surface area contributed by atoms with E-state index in [0.717, 1.165) is 18.6 Å². The fourth-order valence-corrected chi connectivity index (χ4v) is 2.24. The second-order valence-corrected chi connectivity index (χ2v) is 4.79. The van der Waals surface area contributed by atoms with Gasteiger partial charge in [0.25, 0.3) is 0 Å². The lowest BCUT2D eigenvalue weighted by atomic mass is 9.93. The van der Waals surface area contributed by atoms with Crippen LogP contribution >= 0.6 is 0 Å². The molecule has 19 heavy (non-hydrogen) atoms. The number of aliphatic hydroxyl groups excluding tert-OH is 1. The van der Waals surface area contributed by atoms with Crippen LogP contribution in [0.15, 0.2) is 54.6 Å². The van der Waals surface area contributed by atoms with E-state index < -0.39 is 0 Å². The average molecular weight is 256 g/mol. The summed E-state index contributed by atoms with van der Waals surface area (Å²) in [5.41, 5.74) is 2.51. The lowest BCUT2D eigenvalue weighted by Gasteiger charge is -2.14. The predicted molar refractivity (Wildman–Crippen MR) is 77.4 cm³/mol. The average Bonchev–Trinajstić information content (AvgIpc) is 2.48. The van der Waals surface area contributed by atoms with Crippen LogP contribution in [-0.2, 0) is 12.8 Å². The molecule has 0 spiro atoms. The summed E-state index contributed by atoms with van der Waals surface area (Å²) in [5, 5.41) is 9.52. The number of methoxy groups -OCH3 is 1. The quantitative estimate of drug-likeness (QED) is 0.860. The molecule has 1 unspecified atom stereocenters. The van der Waals surface area contributed by atoms with Crippen molar-refractivity contribution in [3.8, 4) is 5.75 Å². The SMILES string of the molecule is COc1ccc(CC(CO)Cc2ccccc2)cc1. The van der Waals surface area contributed by atoms with Crippen molar-refractivity contribution in [1.29, 1.82) is 0 Å². The van der Waals surface area contributed by atoms with Crippen LogP contribution < -0.4 is 4.74 Å². The van der Waals surface area contributed by atoms with Crippen LogP contribution in [0, 0.1) is 5.92 Å². The fourth-order valence-electron chi connectivity index (χ4n) is 2.24. The Bertz CT molecular complexity index is 476. The molecule has 0 radical (unpaired) electrons. The molecule has 0 aromatic heterocycles. The Kier molecular flexibility index (Phi) is 4.99. The summed E-state index contributed by atoms with van der Waals surface area (Å²) in [7, 11) is 1.67. The van der Waals surface area contributed by atoms with Gasteiger partial charge in [-0.3, -0.25) is 0 Å². The van der Waals surface area contributed by atoms with Crippen molar-refractivity contribution in [1.82, 2.24) is 0 Å². The Labute approximate surface area is 114 Å². The molecule has 0 saturated heterocycles. The topological polar surface area (TPSA) is 29.5 Å². The van der Waals surface area contributed by atoms with E-state index in [-0.39, 0.29) is 12.5 Å². The van der Waals surface area contributed by atoms with Crippen molar-refractivity contribution in [2.45, 2.75) is 12.8 Å². The first-order valence-corrected chi connectivity index (χ1v) is 6.59. The summed E-state index contributed by atoms with van der Waals surface area (Å²) in [5.74, 6) is 1.13. The van der Waals surface area contributed by atoms with Crippen molar-refractivity contribution in [2.24, 2.45) is 5.92 Å². The van der Waals surface area contributed by atoms with Crippen LogP contribution in [0.1, 0.15) is 11.1 Å². The summed E-state index contributed by atoms with van der Waals surface area (Å²) in [6.45, 7) is 0.209. The number of benzene rings is 2. The molecule has 0 amide bonds. The van der Waals surface area contributed by atoms with E-state index in [2.05, 4.69) is 24.3 Å². The molecule has 2 heteroatoms. The predicted octanol–water partition coefficient (Wildman–Crippen LogP) is 3.09. The monoisotopic (exact) mass is 256 g/mol. The number of hydrogen-bond donors (Lipinski definition) is 1. The smallest absolute Gasteiger partial charge is 0.118 e. The third kappa shape index (κ3) is 4.11. The highest BCUT2D eigenvalue weighted by molar-refractivity contribution is 5.27. The molecule has 2 nitrogen and oxygen atoms in total. The number of hydrogen-bond acceptors (Lipinski definition) is 2. The Balaban J connectivity index is 1.98. The van der Waals surface area contributed by atoms with E-state index in [4.69, 9.17) is 4.74 Å². The fraction of sp³-hybridized carbons (Fsp3) is 0.294. The highest BCUT2D eigenvalue weighted by atomic mass is 16.5. The molecule has 0 aliphatic rings. The van der Waals surface area contributed by atoms with Gasteiger partial charge in [0.2, 0.25) is 0 Å². The van der Waals surface area contributed by atoms with Crippen LogP contribution in [0.5, 0.6) is 5.75 Å². The standard InChI is InChI=1S/C17H20O2/c1-19-17-9-7-15(8-10-17)12-16(13-18)11-14-5-3-2-4-6-14/h2-10,16,18H,11-13H2,1H3. The lowest BCUT2D eigenvalue weighted by molar-refractivity contribution is 0.225. The second-order valence-electron chi connectivity index (χ2n) is 4.79. The van der Waals surface area contributed by atoms with Crippen LogP contribution in [0.3, 0.4) is 0 Å². The molecule has 0 bridgehead atoms. The maximum Gasteiger partial charge on any atom is 0.118 e. The molecule has 1 N–H and O–H groups in total. The summed E-state index contributed by atoms with van der Waals surface area (Å²) in [6.07, 6.45) is 1.79. The van der Waals surface area contributed by atoms with Gasteiger partial charge in [-0.15, -0.1) is 0 Å². The molecular weight excluding hydrogens is 236 g/mol. The largest absolute Gasteiger partial charge is 0.497 e. The summed E-state index contributed by atoms with van der Waals surface area (Å²) < 4.78 is 5.15. The van der Waals surface area contributed by atoms with Crippen molar-refractivity contribution in [3.63, 3.8) is 0 Å². The van der Waals surface area contributed by atoms with Crippen LogP contribution in [-0.4, -0.2) is 18.8 Å². The molecule has 0 saturated carbocycles. The molecule has 2 aromatic rings. The molecule has 100 valence electrons. The van der Waals surface area contributed by atoms with Crippen LogP contribution in [0.4, 0.5) is 0 Å². The minimum absolute atomic E-state index is 0.209. The zero-order valence-electron chi connectivity index (χ0n) is 11.3. The van der Waals surface area contributed by atoms with E-state index in [1.165, 1.54) is 11.1 Å². The number of rotatable bonds is 6. The van der Waals surface area contributed by atoms with Gasteiger partial charge >= 0.3 is 0 Å². The van der Waals surface area contributed by atoms with E-state index >= 15 is 0 Å². The summed E-state index contributed by atoms with van der Waals surface area (Å²) in [6, 6.07) is 18.4. The van der Waals surface area contributed by atoms with Gasteiger partial charge in [-0.05, 0) is 42.0 Å². The third-order valence-corrected chi connectivity index (χ3v) is 3.31. The minimum atomic E-state index is 0.209. The van der Waals surface area contributed by atoms with Gasteiger partial charge in [-0.2, -0.15) is 0 Å². The zero-order chi connectivity index (χ0) is 13.5. The highest BCUT2D eigenvalue weighted by Gasteiger charge is 2.09. The van der Waals surface area contributed by atoms with E-state index in [0.29, 0.717) is 0 Å². The van der Waals surface area contributed by atoms with Crippen molar-refractivity contribution in [2.75, 3.05) is 13.7 Å². The Morgan fingerprint density at radius 3 is 2.00 bits per heavy atom. The van der Waals surface area contributed by atoms with Gasteiger partial charge in [-0.25, -0.2) is 0 Å². The maximum atomic E-state index is 9.52. The summed E-state index contributed by atoms with van der Waals surface area (Å²) in [4.78, 5) is 0. The Morgan fingerprint density at radius 2 is 1.47 bits per heavy atom. The molecule has 0 aliphatic heterocycles. The number of aliphatic hydroxyl groups is 1. The lowest BCUT2D eigenvalue weighted by Crippen LogP contribution is -2.12. The van der Waals surface area contributed by atoms with Gasteiger partial charge in [0, 0.05) is 6.61 Å². The van der Waals surface area contributed by atoms with Crippen LogP contribution in [0.2, 0.25) is 0 Å². The molecular formula is C17H20O2. The van der Waals surface area contributed by atoms with Gasteiger partial charge < -0.3 is 9.84 Å². The van der Waals surface area contributed by atoms with Crippen LogP contribution in [0.25, 0.3) is 0 Å². The first-order valence-electron chi connectivity index (χ1n) is 6.59. The van der Waals surface area contributed by atoms with Gasteiger partial charge in [0.1, 0.15) is 5.75 Å². The number of ether oxygens (including phenoxy) is 1. The van der Waals surface area contributed by atoms with E-state index in [9.17, 15) is 5.11 Å². The van der Waals surface area contributed by atoms with Gasteiger partial charge in [0.05, 0.1) is 7.11 Å². The van der Waals surface area contributed by atoms with Gasteiger partial charge in [0.15, 0.2) is 0 Å². The molecule has 0 fully saturated rings. The third-order valence-electron chi connectivity index (χ3n) is 3.31. The molecule has 0 heterocycles. The van der Waals surface area contributed by atoms with Gasteiger partial charge in [-0.1, -0.05) is 42.5 Å². The molecule has 2 aromatic carbocycles. The molecule has 0 aliphatic carbocycles. The summed E-state index contributed by atoms with van der Waals surface area (Å²) >= 11 is 0. The Morgan fingerprint density at radius 1 is 0.895 bits per heavy atom. The molecule has 2 rings (SSSR count). The normalized spacial score (nSPS) is 12.1. The van der Waals surface area contributed by atoms with E-state index in [1.807, 2.05) is 30.3 Å². The van der Waals surface area contributed by atoms with Crippen molar-refractivity contribution in [3.05, 3.63) is 65.7 Å². The minimum Gasteiger partial charge on any atom is -0.497 e. The van der Waals surface area contributed by atoms with Crippen molar-refractivity contribution >= 4 is 0 Å². The maximum absolute atomic E-state index is 9.52. The molecule has 1 atom stereocenters. The second kappa shape index (κ2) is 6.95. The zero-order valence-corrected chi connectivity index (χ0v) is 11.3. The highest BCUT2D eigenvalue weighted by Crippen LogP contribution is 2.17. The first kappa shape index (κ1) is 13.6. The van der Waals surface area contributed by atoms with E-state index in [1.54, 1.807) is 7.11 Å². The Hall–Kier alpha value is -1.80.